The predicted octanol–water partition coefficient (Wildman–Crippen LogP) is 2.53. The summed E-state index contributed by atoms with van der Waals surface area (Å²) < 4.78 is 27.4. The molecule has 1 N–H and O–H groups in total. The summed E-state index contributed by atoms with van der Waals surface area (Å²) in [7, 11) is 0. The summed E-state index contributed by atoms with van der Waals surface area (Å²) in [4.78, 5) is 12.0. The normalized spacial score (nSPS) is 14.8. The van der Waals surface area contributed by atoms with E-state index in [2.05, 4.69) is 10.4 Å². The molecule has 3 rings (SSSR count). The van der Waals surface area contributed by atoms with Gasteiger partial charge in [-0.1, -0.05) is 0 Å². The van der Waals surface area contributed by atoms with Crippen LogP contribution in [0.15, 0.2) is 35.3 Å². The van der Waals surface area contributed by atoms with E-state index < -0.39 is 11.6 Å². The van der Waals surface area contributed by atoms with Crippen LogP contribution in [0.4, 0.5) is 14.5 Å². The van der Waals surface area contributed by atoms with E-state index in [0.29, 0.717) is 17.3 Å². The lowest BCUT2D eigenvalue weighted by Crippen LogP contribution is -2.29. The van der Waals surface area contributed by atoms with Crippen molar-refractivity contribution in [3.63, 3.8) is 0 Å². The Morgan fingerprint density at radius 2 is 1.90 bits per heavy atom. The van der Waals surface area contributed by atoms with Crippen LogP contribution in [0.2, 0.25) is 0 Å². The fraction of sp³-hybridized carbons (Fsp3) is 0.333. The summed E-state index contributed by atoms with van der Waals surface area (Å²) in [6.07, 6.45) is 4.97. The molecule has 1 aliphatic rings. The van der Waals surface area contributed by atoms with Crippen LogP contribution in [-0.2, 0) is 6.54 Å². The van der Waals surface area contributed by atoms with Gasteiger partial charge in [0, 0.05) is 18.2 Å². The Balaban J connectivity index is 1.77. The highest BCUT2D eigenvalue weighted by atomic mass is 19.1. The van der Waals surface area contributed by atoms with Crippen LogP contribution in [0.1, 0.15) is 24.8 Å². The van der Waals surface area contributed by atoms with Crippen molar-refractivity contribution in [1.82, 2.24) is 9.78 Å². The summed E-state index contributed by atoms with van der Waals surface area (Å²) in [6.45, 7) is 0.0389. The number of nitrogens with one attached hydrogen (secondary N) is 1. The monoisotopic (exact) mass is 291 g/mol. The highest BCUT2D eigenvalue weighted by molar-refractivity contribution is 5.40. The van der Waals surface area contributed by atoms with Gasteiger partial charge in [0.05, 0.1) is 18.4 Å². The maximum Gasteiger partial charge on any atom is 0.269 e. The largest absolute Gasteiger partial charge is 0.381 e. The molecule has 0 unspecified atom stereocenters. The number of nitrogens with zero attached hydrogens (tertiary/aromatic N) is 2. The number of hydrogen-bond acceptors (Lipinski definition) is 3. The SMILES string of the molecule is O=c1cc(NC2CCC2)cnn1Cc1cc(F)cc(F)c1. The lowest BCUT2D eigenvalue weighted by molar-refractivity contribution is 0.445. The first kappa shape index (κ1) is 13.7. The van der Waals surface area contributed by atoms with Crippen LogP contribution < -0.4 is 10.9 Å². The van der Waals surface area contributed by atoms with Crippen molar-refractivity contribution in [3.8, 4) is 0 Å². The van der Waals surface area contributed by atoms with E-state index in [1.807, 2.05) is 0 Å². The second-order valence-electron chi connectivity index (χ2n) is 5.29. The summed E-state index contributed by atoms with van der Waals surface area (Å²) in [5.41, 5.74) is 0.747. The first-order chi connectivity index (χ1) is 10.1. The molecule has 0 atom stereocenters. The first-order valence-corrected chi connectivity index (χ1v) is 6.89. The number of aromatic nitrogens is 2. The summed E-state index contributed by atoms with van der Waals surface area (Å²) >= 11 is 0. The molecule has 1 aromatic carbocycles. The van der Waals surface area contributed by atoms with Crippen LogP contribution in [0.3, 0.4) is 0 Å². The van der Waals surface area contributed by atoms with Crippen molar-refractivity contribution in [2.75, 3.05) is 5.32 Å². The second kappa shape index (κ2) is 5.63. The fourth-order valence-corrected chi connectivity index (χ4v) is 2.29. The van der Waals surface area contributed by atoms with E-state index in [4.69, 9.17) is 0 Å². The fourth-order valence-electron chi connectivity index (χ4n) is 2.29. The number of rotatable bonds is 4. The Morgan fingerprint density at radius 1 is 1.19 bits per heavy atom. The zero-order valence-corrected chi connectivity index (χ0v) is 11.4. The molecule has 4 nitrogen and oxygen atoms in total. The second-order valence-corrected chi connectivity index (χ2v) is 5.29. The van der Waals surface area contributed by atoms with Gasteiger partial charge < -0.3 is 5.32 Å². The Bertz CT molecular complexity index is 690. The molecule has 21 heavy (non-hydrogen) atoms. The van der Waals surface area contributed by atoms with Gasteiger partial charge in [-0.3, -0.25) is 4.79 Å². The van der Waals surface area contributed by atoms with Gasteiger partial charge >= 0.3 is 0 Å². The van der Waals surface area contributed by atoms with Crippen molar-refractivity contribution in [1.29, 1.82) is 0 Å². The molecule has 1 aromatic heterocycles. The van der Waals surface area contributed by atoms with Gasteiger partial charge in [0.25, 0.3) is 5.56 Å². The maximum atomic E-state index is 13.1. The summed E-state index contributed by atoms with van der Waals surface area (Å²) in [5, 5.41) is 7.27. The minimum Gasteiger partial charge on any atom is -0.381 e. The van der Waals surface area contributed by atoms with Crippen LogP contribution in [0.25, 0.3) is 0 Å². The lowest BCUT2D eigenvalue weighted by atomic mass is 9.93. The van der Waals surface area contributed by atoms with Gasteiger partial charge in [0.1, 0.15) is 11.6 Å². The van der Waals surface area contributed by atoms with Crippen molar-refractivity contribution in [2.24, 2.45) is 0 Å². The zero-order chi connectivity index (χ0) is 14.8. The topological polar surface area (TPSA) is 46.9 Å². The number of halogens is 2. The highest BCUT2D eigenvalue weighted by Gasteiger charge is 2.17. The van der Waals surface area contributed by atoms with Crippen molar-refractivity contribution in [2.45, 2.75) is 31.8 Å². The molecule has 1 aliphatic carbocycles. The van der Waals surface area contributed by atoms with Crippen LogP contribution >= 0.6 is 0 Å². The van der Waals surface area contributed by atoms with Crippen molar-refractivity contribution in [3.05, 3.63) is 58.0 Å². The molecule has 1 fully saturated rings. The Labute approximate surface area is 120 Å². The maximum absolute atomic E-state index is 13.1. The molecule has 0 aliphatic heterocycles. The zero-order valence-electron chi connectivity index (χ0n) is 11.4. The van der Waals surface area contributed by atoms with E-state index >= 15 is 0 Å². The standard InChI is InChI=1S/C15H15F2N3O/c16-11-4-10(5-12(17)6-11)9-20-15(21)7-14(8-18-20)19-13-2-1-3-13/h4-8,13,19H,1-3,9H2. The Morgan fingerprint density at radius 3 is 2.48 bits per heavy atom. The lowest BCUT2D eigenvalue weighted by Gasteiger charge is -2.27. The van der Waals surface area contributed by atoms with E-state index in [1.54, 1.807) is 6.20 Å². The molecule has 0 amide bonds. The van der Waals surface area contributed by atoms with Crippen LogP contribution in [-0.4, -0.2) is 15.8 Å². The predicted molar refractivity (Wildman–Crippen MR) is 75.2 cm³/mol. The van der Waals surface area contributed by atoms with Gasteiger partial charge in [-0.2, -0.15) is 5.10 Å². The minimum atomic E-state index is -0.665. The van der Waals surface area contributed by atoms with E-state index in [1.165, 1.54) is 29.3 Å². The molecule has 0 saturated heterocycles. The average molecular weight is 291 g/mol. The van der Waals surface area contributed by atoms with Gasteiger partial charge in [0.2, 0.25) is 0 Å². The Hall–Kier alpha value is -2.24. The van der Waals surface area contributed by atoms with Gasteiger partial charge in [-0.15, -0.1) is 0 Å². The number of anilines is 1. The molecular weight excluding hydrogens is 276 g/mol. The molecule has 1 saturated carbocycles. The van der Waals surface area contributed by atoms with Crippen molar-refractivity contribution >= 4 is 5.69 Å². The number of hydrogen-bond donors (Lipinski definition) is 1. The number of benzene rings is 1. The molecule has 0 radical (unpaired) electrons. The third-order valence-electron chi connectivity index (χ3n) is 3.60. The van der Waals surface area contributed by atoms with Crippen molar-refractivity contribution < 1.29 is 8.78 Å². The molecule has 2 aromatic rings. The minimum absolute atomic E-state index is 0.0389. The molecular formula is C15H15F2N3O. The van der Waals surface area contributed by atoms with Crippen LogP contribution in [0, 0.1) is 11.6 Å². The highest BCUT2D eigenvalue weighted by Crippen LogP contribution is 2.22. The summed E-state index contributed by atoms with van der Waals surface area (Å²) in [5.74, 6) is -1.33. The Kier molecular flexibility index (Phi) is 3.68. The molecule has 6 heteroatoms. The quantitative estimate of drug-likeness (QED) is 0.941. The average Bonchev–Trinajstić information content (AvgIpc) is 2.36. The van der Waals surface area contributed by atoms with E-state index in [-0.39, 0.29) is 12.1 Å². The summed E-state index contributed by atoms with van der Waals surface area (Å²) in [6, 6.07) is 5.06. The third-order valence-corrected chi connectivity index (χ3v) is 3.60. The smallest absolute Gasteiger partial charge is 0.269 e. The molecule has 1 heterocycles. The van der Waals surface area contributed by atoms with Gasteiger partial charge in [-0.05, 0) is 37.0 Å². The van der Waals surface area contributed by atoms with Gasteiger partial charge in [0.15, 0.2) is 0 Å². The van der Waals surface area contributed by atoms with Gasteiger partial charge in [-0.25, -0.2) is 13.5 Å². The molecule has 0 bridgehead atoms. The van der Waals surface area contributed by atoms with Crippen LogP contribution in [0.5, 0.6) is 0 Å². The molecule has 110 valence electrons. The van der Waals surface area contributed by atoms with E-state index in [0.717, 1.165) is 18.9 Å². The molecule has 0 spiro atoms. The van der Waals surface area contributed by atoms with E-state index in [9.17, 15) is 13.6 Å². The first-order valence-electron chi connectivity index (χ1n) is 6.89. The third kappa shape index (κ3) is 3.26.